The molecule has 4 heteroatoms. The average molecular weight is 221 g/mol. The highest BCUT2D eigenvalue weighted by atomic mass is 16.6. The third-order valence-corrected chi connectivity index (χ3v) is 2.61. The molecule has 2 aromatic carbocycles. The number of rotatable bonds is 1. The first kappa shape index (κ1) is 9.80. The maximum absolute atomic E-state index is 8.85. The van der Waals surface area contributed by atoms with Gasteiger partial charge in [0.2, 0.25) is 0 Å². The number of para-hydroxylation sites is 2. The van der Waals surface area contributed by atoms with E-state index >= 15 is 0 Å². The molecule has 0 amide bonds. The molecule has 0 N–H and O–H groups in total. The van der Waals surface area contributed by atoms with Gasteiger partial charge in [0.05, 0.1) is 11.6 Å². The standard InChI is InChI=1S/C13H8BNO2/c15-9-10-4-3-5-11(8-10)14-16-12-6-1-2-7-13(12)17-14/h1-8H. The first-order valence-corrected chi connectivity index (χ1v) is 5.29. The molecule has 0 aliphatic carbocycles. The maximum atomic E-state index is 8.85. The van der Waals surface area contributed by atoms with Crippen LogP contribution in [-0.2, 0) is 0 Å². The molecule has 1 aliphatic heterocycles. The van der Waals surface area contributed by atoms with Crippen LogP contribution in [-0.4, -0.2) is 7.12 Å². The van der Waals surface area contributed by atoms with E-state index in [9.17, 15) is 0 Å². The molecule has 80 valence electrons. The van der Waals surface area contributed by atoms with E-state index in [0.29, 0.717) is 5.56 Å². The summed E-state index contributed by atoms with van der Waals surface area (Å²) in [4.78, 5) is 0. The Hall–Kier alpha value is -2.41. The molecule has 0 atom stereocenters. The van der Waals surface area contributed by atoms with E-state index in [1.54, 1.807) is 12.1 Å². The third-order valence-electron chi connectivity index (χ3n) is 2.61. The van der Waals surface area contributed by atoms with Gasteiger partial charge in [-0.15, -0.1) is 0 Å². The smallest absolute Gasteiger partial charge is 0.519 e. The summed E-state index contributed by atoms with van der Waals surface area (Å²) < 4.78 is 11.3. The highest BCUT2D eigenvalue weighted by molar-refractivity contribution is 6.63. The summed E-state index contributed by atoms with van der Waals surface area (Å²) in [6, 6.07) is 16.9. The van der Waals surface area contributed by atoms with Crippen LogP contribution in [0.15, 0.2) is 48.5 Å². The van der Waals surface area contributed by atoms with Crippen molar-refractivity contribution in [2.45, 2.75) is 0 Å². The number of benzene rings is 2. The van der Waals surface area contributed by atoms with E-state index in [2.05, 4.69) is 6.07 Å². The summed E-state index contributed by atoms with van der Waals surface area (Å²) in [5.41, 5.74) is 1.45. The Morgan fingerprint density at radius 1 is 0.941 bits per heavy atom. The molecule has 0 spiro atoms. The van der Waals surface area contributed by atoms with Gasteiger partial charge in [0.15, 0.2) is 0 Å². The minimum atomic E-state index is -0.458. The van der Waals surface area contributed by atoms with Crippen molar-refractivity contribution in [2.24, 2.45) is 0 Å². The van der Waals surface area contributed by atoms with Gasteiger partial charge in [0, 0.05) is 5.46 Å². The van der Waals surface area contributed by atoms with Crippen LogP contribution in [0.2, 0.25) is 0 Å². The van der Waals surface area contributed by atoms with Gasteiger partial charge in [-0.1, -0.05) is 24.3 Å². The molecule has 0 radical (unpaired) electrons. The topological polar surface area (TPSA) is 42.2 Å². The average Bonchev–Trinajstić information content (AvgIpc) is 2.82. The number of hydrogen-bond donors (Lipinski definition) is 0. The molecular weight excluding hydrogens is 213 g/mol. The Bertz CT molecular complexity index is 581. The van der Waals surface area contributed by atoms with Crippen LogP contribution in [0.5, 0.6) is 11.5 Å². The minimum Gasteiger partial charge on any atom is -0.519 e. The number of nitriles is 1. The maximum Gasteiger partial charge on any atom is 0.632 e. The lowest BCUT2D eigenvalue weighted by Crippen LogP contribution is -2.39. The molecule has 0 saturated heterocycles. The molecule has 0 bridgehead atoms. The SMILES string of the molecule is N#Cc1cccc(B2Oc3ccccc3O2)c1. The quantitative estimate of drug-likeness (QED) is 0.688. The fourth-order valence-electron chi connectivity index (χ4n) is 1.79. The van der Waals surface area contributed by atoms with Crippen molar-refractivity contribution in [1.29, 1.82) is 5.26 Å². The summed E-state index contributed by atoms with van der Waals surface area (Å²) >= 11 is 0. The second-order valence-electron chi connectivity index (χ2n) is 3.75. The van der Waals surface area contributed by atoms with E-state index in [0.717, 1.165) is 17.0 Å². The zero-order chi connectivity index (χ0) is 11.7. The van der Waals surface area contributed by atoms with Gasteiger partial charge in [-0.3, -0.25) is 0 Å². The Morgan fingerprint density at radius 3 is 2.29 bits per heavy atom. The van der Waals surface area contributed by atoms with Crippen molar-refractivity contribution < 1.29 is 9.31 Å². The van der Waals surface area contributed by atoms with E-state index in [1.807, 2.05) is 36.4 Å². The van der Waals surface area contributed by atoms with Crippen LogP contribution in [0.1, 0.15) is 5.56 Å². The van der Waals surface area contributed by atoms with E-state index in [-0.39, 0.29) is 0 Å². The normalized spacial score (nSPS) is 12.3. The zero-order valence-electron chi connectivity index (χ0n) is 8.96. The van der Waals surface area contributed by atoms with Gasteiger partial charge in [-0.25, -0.2) is 0 Å². The molecule has 0 aromatic heterocycles. The minimum absolute atomic E-state index is 0.458. The van der Waals surface area contributed by atoms with Crippen LogP contribution in [0.4, 0.5) is 0 Å². The molecule has 3 nitrogen and oxygen atoms in total. The summed E-state index contributed by atoms with van der Waals surface area (Å²) in [6.07, 6.45) is 0. The van der Waals surface area contributed by atoms with Gasteiger partial charge < -0.3 is 9.31 Å². The van der Waals surface area contributed by atoms with Gasteiger partial charge in [-0.05, 0) is 24.3 Å². The predicted octanol–water partition coefficient (Wildman–Crippen LogP) is 1.72. The lowest BCUT2D eigenvalue weighted by Gasteiger charge is -2.04. The Morgan fingerprint density at radius 2 is 1.65 bits per heavy atom. The van der Waals surface area contributed by atoms with Crippen LogP contribution in [0.25, 0.3) is 0 Å². The van der Waals surface area contributed by atoms with Crippen molar-refractivity contribution in [3.63, 3.8) is 0 Å². The van der Waals surface area contributed by atoms with Crippen LogP contribution >= 0.6 is 0 Å². The van der Waals surface area contributed by atoms with E-state index < -0.39 is 7.12 Å². The molecule has 0 fully saturated rings. The van der Waals surface area contributed by atoms with Crippen molar-refractivity contribution in [3.8, 4) is 17.6 Å². The predicted molar refractivity (Wildman–Crippen MR) is 64.2 cm³/mol. The Balaban J connectivity index is 1.92. The molecule has 17 heavy (non-hydrogen) atoms. The summed E-state index contributed by atoms with van der Waals surface area (Å²) in [6.45, 7) is 0. The fraction of sp³-hybridized carbons (Fsp3) is 0. The van der Waals surface area contributed by atoms with Gasteiger partial charge in [0.25, 0.3) is 0 Å². The number of hydrogen-bond acceptors (Lipinski definition) is 3. The second-order valence-corrected chi connectivity index (χ2v) is 3.75. The number of nitrogens with zero attached hydrogens (tertiary/aromatic N) is 1. The summed E-state index contributed by atoms with van der Waals surface area (Å²) in [7, 11) is -0.458. The van der Waals surface area contributed by atoms with Gasteiger partial charge >= 0.3 is 7.12 Å². The summed E-state index contributed by atoms with van der Waals surface area (Å²) in [5, 5.41) is 8.85. The zero-order valence-corrected chi connectivity index (χ0v) is 8.96. The largest absolute Gasteiger partial charge is 0.632 e. The lowest BCUT2D eigenvalue weighted by molar-refractivity contribution is 0.519. The van der Waals surface area contributed by atoms with Crippen LogP contribution in [0, 0.1) is 11.3 Å². The van der Waals surface area contributed by atoms with Crippen molar-refractivity contribution >= 4 is 12.6 Å². The summed E-state index contributed by atoms with van der Waals surface area (Å²) in [5.74, 6) is 1.47. The van der Waals surface area contributed by atoms with E-state index in [1.165, 1.54) is 0 Å². The molecule has 1 heterocycles. The second kappa shape index (κ2) is 3.87. The van der Waals surface area contributed by atoms with E-state index in [4.69, 9.17) is 14.6 Å². The fourth-order valence-corrected chi connectivity index (χ4v) is 1.79. The lowest BCUT2D eigenvalue weighted by atomic mass is 9.79. The molecule has 0 unspecified atom stereocenters. The highest BCUT2D eigenvalue weighted by Gasteiger charge is 2.33. The number of fused-ring (bicyclic) bond motifs is 1. The van der Waals surface area contributed by atoms with Crippen molar-refractivity contribution in [1.82, 2.24) is 0 Å². The molecule has 2 aromatic rings. The van der Waals surface area contributed by atoms with Crippen molar-refractivity contribution in [3.05, 3.63) is 54.1 Å². The Kier molecular flexibility index (Phi) is 2.23. The molecular formula is C13H8BNO2. The molecule has 3 rings (SSSR count). The third kappa shape index (κ3) is 1.72. The Labute approximate surface area is 99.4 Å². The molecule has 1 aliphatic rings. The molecule has 0 saturated carbocycles. The van der Waals surface area contributed by atoms with Gasteiger partial charge in [0.1, 0.15) is 11.5 Å². The highest BCUT2D eigenvalue weighted by Crippen LogP contribution is 2.32. The monoisotopic (exact) mass is 221 g/mol. The first-order chi connectivity index (χ1) is 8.36. The van der Waals surface area contributed by atoms with Gasteiger partial charge in [-0.2, -0.15) is 5.26 Å². The first-order valence-electron chi connectivity index (χ1n) is 5.29. The van der Waals surface area contributed by atoms with Crippen LogP contribution in [0.3, 0.4) is 0 Å². The van der Waals surface area contributed by atoms with Crippen LogP contribution < -0.4 is 14.8 Å². The van der Waals surface area contributed by atoms with Crippen molar-refractivity contribution in [2.75, 3.05) is 0 Å².